The van der Waals surface area contributed by atoms with E-state index in [1.165, 1.54) is 0 Å². The highest BCUT2D eigenvalue weighted by atomic mass is 19.4. The fourth-order valence-electron chi connectivity index (χ4n) is 1.35. The molecule has 1 aromatic heterocycles. The highest BCUT2D eigenvalue weighted by molar-refractivity contribution is 5.71. The third kappa shape index (κ3) is 4.21. The number of rotatable bonds is 5. The predicted octanol–water partition coefficient (Wildman–Crippen LogP) is 2.55. The van der Waals surface area contributed by atoms with Gasteiger partial charge in [-0.2, -0.15) is 0 Å². The number of carboxylic acid groups (broad SMARTS) is 1. The molecule has 0 amide bonds. The molecule has 0 saturated carbocycles. The van der Waals surface area contributed by atoms with Crippen LogP contribution in [0.2, 0.25) is 0 Å². The van der Waals surface area contributed by atoms with Crippen molar-refractivity contribution in [3.8, 4) is 11.6 Å². The molecule has 10 heteroatoms. The Labute approximate surface area is 108 Å². The number of carboxylic acids is 1. The van der Waals surface area contributed by atoms with Gasteiger partial charge in [-0.1, -0.05) is 0 Å². The average Bonchev–Trinajstić information content (AvgIpc) is 2.27. The van der Waals surface area contributed by atoms with E-state index in [1.54, 1.807) is 0 Å². The summed E-state index contributed by atoms with van der Waals surface area (Å²) in [5.41, 5.74) is -1.56. The summed E-state index contributed by atoms with van der Waals surface area (Å²) in [5, 5.41) is 8.57. The summed E-state index contributed by atoms with van der Waals surface area (Å²) in [4.78, 5) is 13.5. The molecule has 0 aliphatic carbocycles. The molecule has 0 spiro atoms. The van der Waals surface area contributed by atoms with E-state index in [4.69, 9.17) is 5.11 Å². The fraction of sp³-hybridized carbons (Fsp3) is 0.400. The molecule has 0 aliphatic heterocycles. The lowest BCUT2D eigenvalue weighted by Crippen LogP contribution is -2.19. The lowest BCUT2D eigenvalue weighted by Gasteiger charge is -2.15. The summed E-state index contributed by atoms with van der Waals surface area (Å²) in [6.45, 7) is 0. The first-order chi connectivity index (χ1) is 9.14. The Morgan fingerprint density at radius 3 is 2.45 bits per heavy atom. The first-order valence-electron chi connectivity index (χ1n) is 4.97. The lowest BCUT2D eigenvalue weighted by atomic mass is 10.1. The molecule has 0 unspecified atom stereocenters. The number of hydrogen-bond acceptors (Lipinski definition) is 4. The lowest BCUT2D eigenvalue weighted by molar-refractivity contribution is -0.276. The molecule has 1 N–H and O–H groups in total. The zero-order chi connectivity index (χ0) is 15.5. The summed E-state index contributed by atoms with van der Waals surface area (Å²) >= 11 is 0. The van der Waals surface area contributed by atoms with Gasteiger partial charge in [0, 0.05) is 0 Å². The van der Waals surface area contributed by atoms with Crippen LogP contribution < -0.4 is 9.47 Å². The van der Waals surface area contributed by atoms with Gasteiger partial charge < -0.3 is 14.6 Å². The molecule has 0 aromatic carbocycles. The summed E-state index contributed by atoms with van der Waals surface area (Å²) in [7, 11) is 0.965. The van der Waals surface area contributed by atoms with Crippen molar-refractivity contribution >= 4 is 5.97 Å². The van der Waals surface area contributed by atoms with Gasteiger partial charge in [0.05, 0.1) is 13.5 Å². The first kappa shape index (κ1) is 15.9. The van der Waals surface area contributed by atoms with E-state index < -0.39 is 48.1 Å². The number of hydrogen-bond donors (Lipinski definition) is 1. The van der Waals surface area contributed by atoms with Crippen LogP contribution >= 0.6 is 0 Å². The number of pyridine rings is 1. The first-order valence-corrected chi connectivity index (χ1v) is 4.97. The van der Waals surface area contributed by atoms with Crippen molar-refractivity contribution in [2.75, 3.05) is 7.11 Å². The summed E-state index contributed by atoms with van der Waals surface area (Å²) in [6, 6.07) is 0.726. The van der Waals surface area contributed by atoms with E-state index in [9.17, 15) is 26.7 Å². The van der Waals surface area contributed by atoms with Gasteiger partial charge in [0.1, 0.15) is 5.69 Å². The molecule has 1 heterocycles. The SMILES string of the molecule is COc1cc(CC(=O)O)c(C(F)F)nc1OC(F)(F)F. The van der Waals surface area contributed by atoms with Crippen molar-refractivity contribution in [2.45, 2.75) is 19.2 Å². The number of halogens is 5. The summed E-state index contributed by atoms with van der Waals surface area (Å²) in [6.07, 6.45) is -9.24. The van der Waals surface area contributed by atoms with Crippen LogP contribution in [0.5, 0.6) is 11.6 Å². The largest absolute Gasteiger partial charge is 0.574 e. The second-order valence-electron chi connectivity index (χ2n) is 3.46. The minimum absolute atomic E-state index is 0.459. The topological polar surface area (TPSA) is 68.7 Å². The molecule has 20 heavy (non-hydrogen) atoms. The van der Waals surface area contributed by atoms with E-state index in [1.807, 2.05) is 0 Å². The maximum atomic E-state index is 12.7. The highest BCUT2D eigenvalue weighted by Crippen LogP contribution is 2.35. The van der Waals surface area contributed by atoms with E-state index in [0.717, 1.165) is 13.2 Å². The molecule has 0 radical (unpaired) electrons. The zero-order valence-electron chi connectivity index (χ0n) is 9.87. The number of nitrogens with zero attached hydrogens (tertiary/aromatic N) is 1. The summed E-state index contributed by atoms with van der Waals surface area (Å²) < 4.78 is 69.7. The monoisotopic (exact) mass is 301 g/mol. The van der Waals surface area contributed by atoms with E-state index in [0.29, 0.717) is 0 Å². The number of alkyl halides is 5. The molecule has 0 saturated heterocycles. The highest BCUT2D eigenvalue weighted by Gasteiger charge is 2.34. The van der Waals surface area contributed by atoms with Gasteiger partial charge in [-0.3, -0.25) is 4.79 Å². The second kappa shape index (κ2) is 5.88. The van der Waals surface area contributed by atoms with Crippen LogP contribution in [0, 0.1) is 0 Å². The van der Waals surface area contributed by atoms with E-state index in [2.05, 4.69) is 14.5 Å². The molecule has 0 fully saturated rings. The molecule has 0 bridgehead atoms. The van der Waals surface area contributed by atoms with E-state index in [-0.39, 0.29) is 0 Å². The number of aliphatic carboxylic acids is 1. The summed E-state index contributed by atoms with van der Waals surface area (Å²) in [5.74, 6) is -3.24. The normalized spacial score (nSPS) is 11.6. The predicted molar refractivity (Wildman–Crippen MR) is 53.8 cm³/mol. The van der Waals surface area contributed by atoms with Crippen LogP contribution in [-0.4, -0.2) is 29.5 Å². The molecule has 1 rings (SSSR count). The second-order valence-corrected chi connectivity index (χ2v) is 3.46. The zero-order valence-corrected chi connectivity index (χ0v) is 9.87. The van der Waals surface area contributed by atoms with Crippen molar-refractivity contribution in [3.63, 3.8) is 0 Å². The molecule has 0 atom stereocenters. The minimum atomic E-state index is -5.14. The Kier molecular flexibility index (Phi) is 4.69. The van der Waals surface area contributed by atoms with Gasteiger partial charge in [-0.25, -0.2) is 13.8 Å². The van der Waals surface area contributed by atoms with E-state index >= 15 is 0 Å². The van der Waals surface area contributed by atoms with Crippen molar-refractivity contribution in [1.82, 2.24) is 4.98 Å². The van der Waals surface area contributed by atoms with Gasteiger partial charge in [-0.05, 0) is 11.6 Å². The molecule has 112 valence electrons. The minimum Gasteiger partial charge on any atom is -0.491 e. The van der Waals surface area contributed by atoms with Crippen LogP contribution in [0.25, 0.3) is 0 Å². The Balaban J connectivity index is 3.32. The molecule has 1 aromatic rings. The van der Waals surface area contributed by atoms with Crippen LogP contribution in [0.15, 0.2) is 6.07 Å². The van der Waals surface area contributed by atoms with Crippen LogP contribution in [0.4, 0.5) is 22.0 Å². The Bertz CT molecular complexity index is 503. The number of aromatic nitrogens is 1. The Hall–Kier alpha value is -2.13. The molecular weight excluding hydrogens is 293 g/mol. The van der Waals surface area contributed by atoms with Crippen molar-refractivity contribution in [1.29, 1.82) is 0 Å². The van der Waals surface area contributed by atoms with Gasteiger partial charge in [0.15, 0.2) is 5.75 Å². The molecule has 5 nitrogen and oxygen atoms in total. The maximum absolute atomic E-state index is 12.7. The van der Waals surface area contributed by atoms with Crippen molar-refractivity contribution < 1.29 is 41.3 Å². The Morgan fingerprint density at radius 1 is 1.45 bits per heavy atom. The van der Waals surface area contributed by atoms with Gasteiger partial charge >= 0.3 is 12.3 Å². The smallest absolute Gasteiger partial charge is 0.491 e. The van der Waals surface area contributed by atoms with Crippen LogP contribution in [0.3, 0.4) is 0 Å². The third-order valence-electron chi connectivity index (χ3n) is 2.05. The Morgan fingerprint density at radius 2 is 2.05 bits per heavy atom. The number of methoxy groups -OCH3 is 1. The van der Waals surface area contributed by atoms with Gasteiger partial charge in [-0.15, -0.1) is 13.2 Å². The molecule has 0 aliphatic rings. The van der Waals surface area contributed by atoms with Gasteiger partial charge in [0.2, 0.25) is 0 Å². The number of carbonyl (C=O) groups is 1. The van der Waals surface area contributed by atoms with Crippen molar-refractivity contribution in [2.24, 2.45) is 0 Å². The third-order valence-corrected chi connectivity index (χ3v) is 2.05. The van der Waals surface area contributed by atoms with Crippen LogP contribution in [-0.2, 0) is 11.2 Å². The fourth-order valence-corrected chi connectivity index (χ4v) is 1.35. The number of ether oxygens (including phenoxy) is 2. The average molecular weight is 301 g/mol. The molecular formula is C10H8F5NO4. The maximum Gasteiger partial charge on any atom is 0.574 e. The quantitative estimate of drug-likeness (QED) is 0.846. The standard InChI is InChI=1S/C10H8F5NO4/c1-19-5-2-4(3-6(17)18)7(8(11)12)16-9(5)20-10(13,14)15/h2,8H,3H2,1H3,(H,17,18). The van der Waals surface area contributed by atoms with Crippen molar-refractivity contribution in [3.05, 3.63) is 17.3 Å². The van der Waals surface area contributed by atoms with Crippen LogP contribution in [0.1, 0.15) is 17.7 Å². The van der Waals surface area contributed by atoms with Gasteiger partial charge in [0.25, 0.3) is 12.3 Å².